The van der Waals surface area contributed by atoms with E-state index >= 15 is 0 Å². The largest absolute Gasteiger partial charge is 0.497 e. The Morgan fingerprint density at radius 2 is 1.96 bits per heavy atom. The van der Waals surface area contributed by atoms with Crippen molar-refractivity contribution in [3.63, 3.8) is 0 Å². The van der Waals surface area contributed by atoms with Crippen molar-refractivity contribution in [2.45, 2.75) is 38.3 Å². The van der Waals surface area contributed by atoms with Crippen LogP contribution in [-0.4, -0.2) is 62.5 Å². The van der Waals surface area contributed by atoms with E-state index in [2.05, 4.69) is 10.2 Å². The fraction of sp³-hybridized carbons (Fsp3) is 0.600. The first-order chi connectivity index (χ1) is 12.4. The van der Waals surface area contributed by atoms with E-state index in [9.17, 15) is 9.59 Å². The molecule has 1 aliphatic heterocycles. The summed E-state index contributed by atoms with van der Waals surface area (Å²) in [7, 11) is 7.54. The van der Waals surface area contributed by atoms with Crippen LogP contribution in [0, 0.1) is 5.92 Å². The quantitative estimate of drug-likeness (QED) is 0.870. The number of nitrogens with zero attached hydrogens (tertiary/aromatic N) is 2. The molecule has 144 valence electrons. The van der Waals surface area contributed by atoms with E-state index in [0.29, 0.717) is 19.1 Å². The fourth-order valence-electron chi connectivity index (χ4n) is 3.30. The summed E-state index contributed by atoms with van der Waals surface area (Å²) >= 11 is 0. The Balaban J connectivity index is 1.94. The Morgan fingerprint density at radius 3 is 2.58 bits per heavy atom. The fourth-order valence-corrected chi connectivity index (χ4v) is 3.30. The van der Waals surface area contributed by atoms with Crippen molar-refractivity contribution in [2.75, 3.05) is 34.8 Å². The summed E-state index contributed by atoms with van der Waals surface area (Å²) < 4.78 is 5.14. The van der Waals surface area contributed by atoms with Crippen LogP contribution in [0.25, 0.3) is 0 Å². The average molecular weight is 361 g/mol. The number of hydrogen-bond donors (Lipinski definition) is 1. The molecule has 1 fully saturated rings. The molecule has 1 heterocycles. The smallest absolute Gasteiger partial charge is 0.223 e. The molecule has 0 radical (unpaired) electrons. The van der Waals surface area contributed by atoms with Gasteiger partial charge in [0.25, 0.3) is 0 Å². The van der Waals surface area contributed by atoms with Crippen molar-refractivity contribution in [2.24, 2.45) is 5.92 Å². The van der Waals surface area contributed by atoms with Crippen LogP contribution in [0.2, 0.25) is 0 Å². The van der Waals surface area contributed by atoms with Gasteiger partial charge in [-0.2, -0.15) is 0 Å². The van der Waals surface area contributed by atoms with E-state index in [-0.39, 0.29) is 24.2 Å². The standard InChI is InChI=1S/C20H31N3O3/c1-22(2)17-7-5-6-16(12-19(24)23(3)14-17)20(25)21-13-15-8-10-18(26-4)11-9-15/h8-11,16-17H,5-7,12-14H2,1-4H3,(H,21,25). The minimum absolute atomic E-state index is 0.0362. The van der Waals surface area contributed by atoms with Crippen molar-refractivity contribution in [1.82, 2.24) is 15.1 Å². The molecule has 2 atom stereocenters. The van der Waals surface area contributed by atoms with Gasteiger partial charge in [-0.25, -0.2) is 0 Å². The zero-order chi connectivity index (χ0) is 19.1. The molecule has 0 bridgehead atoms. The molecule has 1 aliphatic rings. The number of hydrogen-bond acceptors (Lipinski definition) is 4. The SMILES string of the molecule is COc1ccc(CNC(=O)C2CCCC(N(C)C)CN(C)C(=O)C2)cc1. The second-order valence-corrected chi connectivity index (χ2v) is 7.29. The highest BCUT2D eigenvalue weighted by Crippen LogP contribution is 2.20. The summed E-state index contributed by atoms with van der Waals surface area (Å²) in [5, 5.41) is 2.98. The van der Waals surface area contributed by atoms with Gasteiger partial charge < -0.3 is 19.9 Å². The summed E-state index contributed by atoms with van der Waals surface area (Å²) in [5.41, 5.74) is 1.01. The maximum Gasteiger partial charge on any atom is 0.223 e. The zero-order valence-electron chi connectivity index (χ0n) is 16.3. The Hall–Kier alpha value is -2.08. The molecule has 1 aromatic rings. The number of benzene rings is 1. The van der Waals surface area contributed by atoms with Gasteiger partial charge in [0.05, 0.1) is 7.11 Å². The van der Waals surface area contributed by atoms with E-state index in [1.807, 2.05) is 45.4 Å². The molecule has 2 rings (SSSR count). The highest BCUT2D eigenvalue weighted by atomic mass is 16.5. The molecular formula is C20H31N3O3. The summed E-state index contributed by atoms with van der Waals surface area (Å²) in [6, 6.07) is 7.96. The van der Waals surface area contributed by atoms with Crippen LogP contribution in [0.3, 0.4) is 0 Å². The highest BCUT2D eigenvalue weighted by Gasteiger charge is 2.27. The van der Waals surface area contributed by atoms with E-state index in [0.717, 1.165) is 30.6 Å². The summed E-state index contributed by atoms with van der Waals surface area (Å²) in [5.74, 6) is 0.541. The van der Waals surface area contributed by atoms with Crippen molar-refractivity contribution in [3.05, 3.63) is 29.8 Å². The van der Waals surface area contributed by atoms with Crippen LogP contribution in [0.15, 0.2) is 24.3 Å². The van der Waals surface area contributed by atoms with E-state index in [1.165, 1.54) is 0 Å². The second-order valence-electron chi connectivity index (χ2n) is 7.29. The maximum absolute atomic E-state index is 12.6. The first kappa shape index (κ1) is 20.2. The summed E-state index contributed by atoms with van der Waals surface area (Å²) in [4.78, 5) is 29.0. The minimum atomic E-state index is -0.260. The number of ether oxygens (including phenoxy) is 1. The van der Waals surface area contributed by atoms with Crippen molar-refractivity contribution in [3.8, 4) is 5.75 Å². The van der Waals surface area contributed by atoms with Crippen LogP contribution in [0.5, 0.6) is 5.75 Å². The van der Waals surface area contributed by atoms with Gasteiger partial charge in [0.1, 0.15) is 5.75 Å². The van der Waals surface area contributed by atoms with E-state index < -0.39 is 0 Å². The zero-order valence-corrected chi connectivity index (χ0v) is 16.3. The molecule has 1 N–H and O–H groups in total. The van der Waals surface area contributed by atoms with Crippen molar-refractivity contribution >= 4 is 11.8 Å². The highest BCUT2D eigenvalue weighted by molar-refractivity contribution is 5.85. The topological polar surface area (TPSA) is 61.9 Å². The van der Waals surface area contributed by atoms with E-state index in [1.54, 1.807) is 12.0 Å². The monoisotopic (exact) mass is 361 g/mol. The Labute approximate surface area is 156 Å². The predicted octanol–water partition coefficient (Wildman–Crippen LogP) is 1.89. The van der Waals surface area contributed by atoms with Crippen molar-refractivity contribution in [1.29, 1.82) is 0 Å². The van der Waals surface area contributed by atoms with Gasteiger partial charge in [0, 0.05) is 38.5 Å². The molecule has 2 amide bonds. The lowest BCUT2D eigenvalue weighted by Crippen LogP contribution is -2.41. The normalized spacial score (nSPS) is 21.7. The van der Waals surface area contributed by atoms with Gasteiger partial charge in [0.15, 0.2) is 0 Å². The second kappa shape index (κ2) is 9.57. The molecule has 26 heavy (non-hydrogen) atoms. The number of carbonyl (C=O) groups excluding carboxylic acids is 2. The summed E-state index contributed by atoms with van der Waals surface area (Å²) in [6.45, 7) is 1.18. The van der Waals surface area contributed by atoms with Gasteiger partial charge in [0.2, 0.25) is 11.8 Å². The van der Waals surface area contributed by atoms with Gasteiger partial charge in [-0.15, -0.1) is 0 Å². The number of likely N-dealkylation sites (N-methyl/N-ethyl adjacent to an activating group) is 2. The van der Waals surface area contributed by atoms with Gasteiger partial charge in [-0.05, 0) is 44.6 Å². The number of nitrogens with one attached hydrogen (secondary N) is 1. The average Bonchev–Trinajstić information content (AvgIpc) is 2.70. The third kappa shape index (κ3) is 5.73. The number of methoxy groups -OCH3 is 1. The van der Waals surface area contributed by atoms with Gasteiger partial charge >= 0.3 is 0 Å². The third-order valence-corrected chi connectivity index (χ3v) is 5.15. The molecule has 6 heteroatoms. The van der Waals surface area contributed by atoms with Crippen LogP contribution >= 0.6 is 0 Å². The Morgan fingerprint density at radius 1 is 1.27 bits per heavy atom. The van der Waals surface area contributed by atoms with Gasteiger partial charge in [-0.1, -0.05) is 18.6 Å². The molecule has 1 saturated heterocycles. The van der Waals surface area contributed by atoms with Gasteiger partial charge in [-0.3, -0.25) is 9.59 Å². The molecular weight excluding hydrogens is 330 g/mol. The maximum atomic E-state index is 12.6. The minimum Gasteiger partial charge on any atom is -0.497 e. The first-order valence-electron chi connectivity index (χ1n) is 9.21. The summed E-state index contributed by atoms with van der Waals surface area (Å²) in [6.07, 6.45) is 2.97. The molecule has 0 spiro atoms. The Bertz CT molecular complexity index is 601. The lowest BCUT2D eigenvalue weighted by molar-refractivity contribution is -0.135. The lowest BCUT2D eigenvalue weighted by atomic mass is 9.96. The van der Waals surface area contributed by atoms with Crippen LogP contribution in [0.1, 0.15) is 31.2 Å². The van der Waals surface area contributed by atoms with Crippen LogP contribution in [0.4, 0.5) is 0 Å². The molecule has 2 unspecified atom stereocenters. The molecule has 0 saturated carbocycles. The lowest BCUT2D eigenvalue weighted by Gasteiger charge is -2.28. The first-order valence-corrected chi connectivity index (χ1v) is 9.21. The molecule has 1 aromatic carbocycles. The number of rotatable bonds is 5. The molecule has 6 nitrogen and oxygen atoms in total. The number of carbonyl (C=O) groups is 2. The predicted molar refractivity (Wildman–Crippen MR) is 102 cm³/mol. The molecule has 0 aromatic heterocycles. The van der Waals surface area contributed by atoms with Crippen molar-refractivity contribution < 1.29 is 14.3 Å². The molecule has 0 aliphatic carbocycles. The van der Waals surface area contributed by atoms with Crippen LogP contribution in [-0.2, 0) is 16.1 Å². The van der Waals surface area contributed by atoms with E-state index in [4.69, 9.17) is 4.74 Å². The number of amides is 2. The Kier molecular flexibility index (Phi) is 7.45. The van der Waals surface area contributed by atoms with Crippen LogP contribution < -0.4 is 10.1 Å². The third-order valence-electron chi connectivity index (χ3n) is 5.15.